The van der Waals surface area contributed by atoms with Crippen LogP contribution in [0.5, 0.6) is 0 Å². The second-order valence-corrected chi connectivity index (χ2v) is 14.8. The van der Waals surface area contributed by atoms with Crippen molar-refractivity contribution in [1.82, 2.24) is 0 Å². The van der Waals surface area contributed by atoms with Crippen molar-refractivity contribution in [2.24, 2.45) is 11.8 Å². The molecule has 0 amide bonds. The summed E-state index contributed by atoms with van der Waals surface area (Å²) in [5, 5.41) is 0. The van der Waals surface area contributed by atoms with Crippen molar-refractivity contribution in [2.45, 2.75) is 90.1 Å². The Balaban J connectivity index is 1.72. The summed E-state index contributed by atoms with van der Waals surface area (Å²) in [4.78, 5) is 13.0. The van der Waals surface area contributed by atoms with E-state index in [9.17, 15) is 9.18 Å². The zero-order valence-electron chi connectivity index (χ0n) is 20.2. The van der Waals surface area contributed by atoms with E-state index in [-0.39, 0.29) is 35.3 Å². The number of rotatable bonds is 6. The van der Waals surface area contributed by atoms with Gasteiger partial charge in [0, 0.05) is 17.4 Å². The van der Waals surface area contributed by atoms with E-state index in [1.54, 1.807) is 12.1 Å². The Morgan fingerprint density at radius 1 is 1.16 bits per heavy atom. The number of ether oxygens (including phenoxy) is 1. The van der Waals surface area contributed by atoms with E-state index < -0.39 is 8.32 Å². The van der Waals surface area contributed by atoms with Crippen LogP contribution in [0, 0.1) is 17.7 Å². The van der Waals surface area contributed by atoms with Crippen molar-refractivity contribution in [2.75, 3.05) is 0 Å². The largest absolute Gasteiger partial charge is 0.458 e. The molecule has 5 heteroatoms. The molecule has 0 bridgehead atoms. The number of benzene rings is 1. The van der Waals surface area contributed by atoms with Gasteiger partial charge in [-0.1, -0.05) is 44.1 Å². The molecule has 0 N–H and O–H groups in total. The Hall–Kier alpha value is -1.72. The molecule has 2 aliphatic carbocycles. The fourth-order valence-corrected chi connectivity index (χ4v) is 9.47. The van der Waals surface area contributed by atoms with Crippen LogP contribution in [-0.4, -0.2) is 26.0 Å². The molecule has 174 valence electrons. The molecule has 3 aliphatic rings. The molecule has 32 heavy (non-hydrogen) atoms. The standard InChI is InChI=1S/C27H37FO3Si/c1-6-32(7-2,8-3)31-27(5)16-15-21-18(4)9-14-22-23(26(29)30-25(22)24(21)27)17-19-10-12-20(28)13-11-19/h10-13,17,22,24-25H,6-9,14-16H2,1-5H3/b23-17-/t22-,24-,25-,27+/m0/s1. The fraction of sp³-hybridized carbons (Fsp3) is 0.593. The van der Waals surface area contributed by atoms with E-state index in [2.05, 4.69) is 34.6 Å². The van der Waals surface area contributed by atoms with Crippen LogP contribution in [0.3, 0.4) is 0 Å². The number of halogens is 1. The second-order valence-electron chi connectivity index (χ2n) is 10.1. The molecule has 0 unspecified atom stereocenters. The maximum absolute atomic E-state index is 13.4. The van der Waals surface area contributed by atoms with Gasteiger partial charge >= 0.3 is 5.97 Å². The van der Waals surface area contributed by atoms with E-state index in [1.807, 2.05) is 6.08 Å². The van der Waals surface area contributed by atoms with Crippen LogP contribution >= 0.6 is 0 Å². The lowest BCUT2D eigenvalue weighted by atomic mass is 9.79. The van der Waals surface area contributed by atoms with Crippen molar-refractivity contribution >= 4 is 20.4 Å². The molecule has 1 aromatic carbocycles. The first-order chi connectivity index (χ1) is 15.3. The highest BCUT2D eigenvalue weighted by atomic mass is 28.4. The van der Waals surface area contributed by atoms with Gasteiger partial charge in [0.25, 0.3) is 0 Å². The van der Waals surface area contributed by atoms with Gasteiger partial charge in [-0.3, -0.25) is 0 Å². The molecule has 1 aliphatic heterocycles. The first-order valence-electron chi connectivity index (χ1n) is 12.3. The second kappa shape index (κ2) is 8.90. The predicted molar refractivity (Wildman–Crippen MR) is 129 cm³/mol. The molecule has 3 nitrogen and oxygen atoms in total. The van der Waals surface area contributed by atoms with Crippen molar-refractivity contribution in [3.8, 4) is 0 Å². The van der Waals surface area contributed by atoms with Gasteiger partial charge in [-0.05, 0) is 81.4 Å². The summed E-state index contributed by atoms with van der Waals surface area (Å²) in [6, 6.07) is 9.67. The lowest BCUT2D eigenvalue weighted by Gasteiger charge is -2.43. The monoisotopic (exact) mass is 456 g/mol. The van der Waals surface area contributed by atoms with Gasteiger partial charge in [-0.15, -0.1) is 0 Å². The SMILES string of the molecule is CC[Si](CC)(CC)O[C@]1(C)CCC2=C(C)CC[C@H]3/C(=C/c4ccc(F)cc4)C(=O)O[C@@H]3[C@H]21. The third-order valence-corrected chi connectivity index (χ3v) is 13.2. The average molecular weight is 457 g/mol. The molecule has 4 rings (SSSR count). The van der Waals surface area contributed by atoms with Gasteiger partial charge in [-0.2, -0.15) is 0 Å². The lowest BCUT2D eigenvalue weighted by molar-refractivity contribution is -0.143. The highest BCUT2D eigenvalue weighted by Gasteiger charge is 2.57. The van der Waals surface area contributed by atoms with Crippen LogP contribution in [0.1, 0.15) is 65.9 Å². The Kier molecular flexibility index (Phi) is 6.52. The van der Waals surface area contributed by atoms with E-state index in [0.29, 0.717) is 0 Å². The van der Waals surface area contributed by atoms with Crippen molar-refractivity contribution < 1.29 is 18.3 Å². The smallest absolute Gasteiger partial charge is 0.334 e. The maximum Gasteiger partial charge on any atom is 0.334 e. The molecule has 1 saturated carbocycles. The molecular weight excluding hydrogens is 419 g/mol. The molecule has 1 saturated heterocycles. The van der Waals surface area contributed by atoms with Gasteiger partial charge < -0.3 is 9.16 Å². The van der Waals surface area contributed by atoms with E-state index in [4.69, 9.17) is 9.16 Å². The molecule has 0 aromatic heterocycles. The Bertz CT molecular complexity index is 922. The minimum absolute atomic E-state index is 0.0481. The summed E-state index contributed by atoms with van der Waals surface area (Å²) in [7, 11) is -1.83. The number of carbonyl (C=O) groups is 1. The van der Waals surface area contributed by atoms with Crippen LogP contribution in [0.4, 0.5) is 4.39 Å². The highest BCUT2D eigenvalue weighted by molar-refractivity contribution is 6.73. The van der Waals surface area contributed by atoms with Crippen LogP contribution in [0.25, 0.3) is 6.08 Å². The van der Waals surface area contributed by atoms with Crippen LogP contribution in [-0.2, 0) is 14.0 Å². The van der Waals surface area contributed by atoms with Gasteiger partial charge in [0.15, 0.2) is 8.32 Å². The topological polar surface area (TPSA) is 35.5 Å². The normalized spacial score (nSPS) is 31.5. The van der Waals surface area contributed by atoms with Crippen molar-refractivity contribution in [3.05, 3.63) is 52.4 Å². The Morgan fingerprint density at radius 2 is 1.81 bits per heavy atom. The number of carbonyl (C=O) groups excluding carboxylic acids is 1. The lowest BCUT2D eigenvalue weighted by Crippen LogP contribution is -2.51. The number of hydrogen-bond acceptors (Lipinski definition) is 3. The minimum atomic E-state index is -1.83. The quantitative estimate of drug-likeness (QED) is 0.199. The van der Waals surface area contributed by atoms with E-state index in [0.717, 1.165) is 55.0 Å². The Morgan fingerprint density at radius 3 is 2.44 bits per heavy atom. The van der Waals surface area contributed by atoms with E-state index in [1.165, 1.54) is 23.3 Å². The van der Waals surface area contributed by atoms with Gasteiger partial charge in [-0.25, -0.2) is 9.18 Å². The van der Waals surface area contributed by atoms with Crippen LogP contribution in [0.2, 0.25) is 18.1 Å². The van der Waals surface area contributed by atoms with Gasteiger partial charge in [0.2, 0.25) is 0 Å². The number of fused-ring (bicyclic) bond motifs is 3. The predicted octanol–water partition coefficient (Wildman–Crippen LogP) is 7.05. The van der Waals surface area contributed by atoms with Gasteiger partial charge in [0.05, 0.1) is 5.60 Å². The summed E-state index contributed by atoms with van der Waals surface area (Å²) in [5.41, 5.74) is 4.19. The summed E-state index contributed by atoms with van der Waals surface area (Å²) < 4.78 is 26.7. The Labute approximate surface area is 193 Å². The average Bonchev–Trinajstić information content (AvgIpc) is 3.23. The number of hydrogen-bond donors (Lipinski definition) is 0. The highest BCUT2D eigenvalue weighted by Crippen LogP contribution is 2.55. The molecule has 1 heterocycles. The molecule has 0 spiro atoms. The third-order valence-electron chi connectivity index (χ3n) is 8.48. The number of esters is 1. The summed E-state index contributed by atoms with van der Waals surface area (Å²) in [6.07, 6.45) is 5.65. The van der Waals surface area contributed by atoms with Crippen molar-refractivity contribution in [1.29, 1.82) is 0 Å². The van der Waals surface area contributed by atoms with Crippen LogP contribution in [0.15, 0.2) is 41.0 Å². The summed E-state index contributed by atoms with van der Waals surface area (Å²) in [6.45, 7) is 11.3. The fourth-order valence-electron chi connectivity index (χ4n) is 6.32. The first-order valence-corrected chi connectivity index (χ1v) is 14.9. The summed E-state index contributed by atoms with van der Waals surface area (Å²) in [5.74, 6) is -0.323. The van der Waals surface area contributed by atoms with Crippen molar-refractivity contribution in [3.63, 3.8) is 0 Å². The maximum atomic E-state index is 13.4. The van der Waals surface area contributed by atoms with E-state index >= 15 is 0 Å². The summed E-state index contributed by atoms with van der Waals surface area (Å²) >= 11 is 0. The molecule has 0 radical (unpaired) electrons. The first kappa shape index (κ1) is 23.4. The number of allylic oxidation sites excluding steroid dienone is 1. The molecule has 4 atom stereocenters. The molecule has 2 fully saturated rings. The van der Waals surface area contributed by atoms with Crippen LogP contribution < -0.4 is 0 Å². The minimum Gasteiger partial charge on any atom is -0.458 e. The molecular formula is C27H37FO3Si. The third kappa shape index (κ3) is 4.03. The van der Waals surface area contributed by atoms with Gasteiger partial charge in [0.1, 0.15) is 11.9 Å². The molecule has 1 aromatic rings. The zero-order valence-corrected chi connectivity index (χ0v) is 21.2. The zero-order chi connectivity index (χ0) is 23.1.